The average Bonchev–Trinajstić information content (AvgIpc) is 3.09. The number of benzene rings is 1. The van der Waals surface area contributed by atoms with Crippen LogP contribution in [0.2, 0.25) is 0 Å². The molecule has 0 saturated heterocycles. The van der Waals surface area contributed by atoms with Gasteiger partial charge in [-0.05, 0) is 17.9 Å². The molecule has 108 valence electrons. The minimum absolute atomic E-state index is 0.411. The summed E-state index contributed by atoms with van der Waals surface area (Å²) < 4.78 is 3.52. The smallest absolute Gasteiger partial charge is 0.170 e. The lowest BCUT2D eigenvalue weighted by molar-refractivity contribution is 0.781. The van der Waals surface area contributed by atoms with Crippen molar-refractivity contribution in [1.29, 1.82) is 0 Å². The van der Waals surface area contributed by atoms with Crippen molar-refractivity contribution >= 4 is 16.7 Å². The second kappa shape index (κ2) is 4.13. The summed E-state index contributed by atoms with van der Waals surface area (Å²) in [4.78, 5) is 9.15. The first-order valence-corrected chi connectivity index (χ1v) is 7.39. The number of fused-ring (bicyclic) bond motifs is 3. The Morgan fingerprint density at radius 3 is 2.82 bits per heavy atom. The molecule has 0 radical (unpaired) electrons. The van der Waals surface area contributed by atoms with Crippen molar-refractivity contribution in [2.75, 3.05) is 0 Å². The lowest BCUT2D eigenvalue weighted by Crippen LogP contribution is -1.95. The van der Waals surface area contributed by atoms with Gasteiger partial charge in [-0.1, -0.05) is 30.3 Å². The van der Waals surface area contributed by atoms with Crippen LogP contribution in [-0.2, 0) is 7.05 Å². The molecule has 4 aromatic rings. The Balaban J connectivity index is 1.58. The van der Waals surface area contributed by atoms with Gasteiger partial charge in [-0.3, -0.25) is 4.68 Å². The number of aryl methyl sites for hydroxylation is 1. The Morgan fingerprint density at radius 1 is 1.09 bits per heavy atom. The zero-order valence-electron chi connectivity index (χ0n) is 12.1. The molecule has 6 nitrogen and oxygen atoms in total. The van der Waals surface area contributed by atoms with Gasteiger partial charge < -0.3 is 0 Å². The molecular weight excluding hydrogens is 276 g/mol. The fourth-order valence-electron chi connectivity index (χ4n) is 3.16. The predicted octanol–water partition coefficient (Wildman–Crippen LogP) is 2.28. The molecule has 0 amide bonds. The Kier molecular flexibility index (Phi) is 2.22. The highest BCUT2D eigenvalue weighted by molar-refractivity contribution is 5.88. The van der Waals surface area contributed by atoms with Crippen LogP contribution in [0.1, 0.15) is 29.6 Å². The van der Waals surface area contributed by atoms with Gasteiger partial charge in [-0.15, -0.1) is 5.10 Å². The van der Waals surface area contributed by atoms with Crippen LogP contribution in [0.3, 0.4) is 0 Å². The molecule has 0 spiro atoms. The largest absolute Gasteiger partial charge is 0.250 e. The molecule has 1 aliphatic carbocycles. The molecule has 5 rings (SSSR count). The van der Waals surface area contributed by atoms with E-state index in [0.717, 1.165) is 28.9 Å². The topological polar surface area (TPSA) is 60.9 Å². The molecule has 3 aromatic heterocycles. The molecule has 1 aliphatic rings. The maximum Gasteiger partial charge on any atom is 0.170 e. The zero-order valence-corrected chi connectivity index (χ0v) is 12.1. The first-order valence-electron chi connectivity index (χ1n) is 7.39. The number of hydrogen-bond acceptors (Lipinski definition) is 4. The third kappa shape index (κ3) is 1.60. The van der Waals surface area contributed by atoms with Gasteiger partial charge in [-0.25, -0.2) is 14.5 Å². The van der Waals surface area contributed by atoms with Gasteiger partial charge in [0.05, 0.1) is 11.6 Å². The summed E-state index contributed by atoms with van der Waals surface area (Å²) in [7, 11) is 1.88. The quantitative estimate of drug-likeness (QED) is 0.568. The number of rotatable bonds is 2. The van der Waals surface area contributed by atoms with Gasteiger partial charge >= 0.3 is 0 Å². The number of hydrogen-bond donors (Lipinski definition) is 0. The Morgan fingerprint density at radius 2 is 1.95 bits per heavy atom. The van der Waals surface area contributed by atoms with Crippen LogP contribution >= 0.6 is 0 Å². The molecule has 0 unspecified atom stereocenters. The summed E-state index contributed by atoms with van der Waals surface area (Å²) in [5.41, 5.74) is 3.05. The minimum atomic E-state index is 0.411. The van der Waals surface area contributed by atoms with Crippen LogP contribution in [0, 0.1) is 0 Å². The van der Waals surface area contributed by atoms with Gasteiger partial charge in [0.2, 0.25) is 0 Å². The Hall–Kier alpha value is -2.76. The van der Waals surface area contributed by atoms with Crippen LogP contribution in [0.25, 0.3) is 16.7 Å². The van der Waals surface area contributed by atoms with Crippen molar-refractivity contribution in [3.63, 3.8) is 0 Å². The van der Waals surface area contributed by atoms with E-state index >= 15 is 0 Å². The molecule has 1 fully saturated rings. The molecule has 0 aliphatic heterocycles. The summed E-state index contributed by atoms with van der Waals surface area (Å²) in [5, 5.41) is 9.81. The highest BCUT2D eigenvalue weighted by Gasteiger charge is 2.42. The first-order chi connectivity index (χ1) is 10.8. The van der Waals surface area contributed by atoms with E-state index in [9.17, 15) is 0 Å². The molecule has 3 heterocycles. The van der Waals surface area contributed by atoms with Crippen LogP contribution in [0.15, 0.2) is 42.9 Å². The molecule has 1 saturated carbocycles. The summed E-state index contributed by atoms with van der Waals surface area (Å²) in [6.45, 7) is 0. The fourth-order valence-corrected chi connectivity index (χ4v) is 3.16. The van der Waals surface area contributed by atoms with Crippen LogP contribution in [0.4, 0.5) is 0 Å². The minimum Gasteiger partial charge on any atom is -0.250 e. The summed E-state index contributed by atoms with van der Waals surface area (Å²) in [6, 6.07) is 10.6. The van der Waals surface area contributed by atoms with E-state index in [2.05, 4.69) is 45.5 Å². The fraction of sp³-hybridized carbons (Fsp3) is 0.250. The standard InChI is InChI=1S/C16H14N6/c1-21-15-13(8-18-21)16-19-14(20-22(16)9-17-15)12-7-11(12)10-5-3-2-4-6-10/h2-6,8-9,11-12H,7H2,1H3/t11-,12-/m0/s1. The second-order valence-corrected chi connectivity index (χ2v) is 5.85. The van der Waals surface area contributed by atoms with E-state index in [1.54, 1.807) is 21.7 Å². The average molecular weight is 290 g/mol. The van der Waals surface area contributed by atoms with Gasteiger partial charge in [0, 0.05) is 13.0 Å². The van der Waals surface area contributed by atoms with Crippen molar-refractivity contribution in [1.82, 2.24) is 29.4 Å². The van der Waals surface area contributed by atoms with E-state index in [4.69, 9.17) is 4.98 Å². The molecule has 0 bridgehead atoms. The maximum absolute atomic E-state index is 4.75. The second-order valence-electron chi connectivity index (χ2n) is 5.85. The number of nitrogens with zero attached hydrogens (tertiary/aromatic N) is 6. The van der Waals surface area contributed by atoms with Gasteiger partial charge in [-0.2, -0.15) is 5.10 Å². The zero-order chi connectivity index (χ0) is 14.7. The van der Waals surface area contributed by atoms with Crippen LogP contribution in [-0.4, -0.2) is 29.4 Å². The molecule has 6 heteroatoms. The summed E-state index contributed by atoms with van der Waals surface area (Å²) >= 11 is 0. The highest BCUT2D eigenvalue weighted by Crippen LogP contribution is 2.53. The van der Waals surface area contributed by atoms with Crippen LogP contribution < -0.4 is 0 Å². The van der Waals surface area contributed by atoms with Crippen molar-refractivity contribution in [2.45, 2.75) is 18.3 Å². The molecule has 22 heavy (non-hydrogen) atoms. The Bertz CT molecular complexity index is 984. The third-order valence-corrected chi connectivity index (χ3v) is 4.44. The van der Waals surface area contributed by atoms with E-state index in [1.165, 1.54) is 5.56 Å². The van der Waals surface area contributed by atoms with Gasteiger partial charge in [0.1, 0.15) is 6.33 Å². The predicted molar refractivity (Wildman–Crippen MR) is 81.6 cm³/mol. The van der Waals surface area contributed by atoms with E-state index in [1.807, 2.05) is 7.05 Å². The molecular formula is C16H14N6. The molecule has 2 atom stereocenters. The summed E-state index contributed by atoms with van der Waals surface area (Å²) in [6.07, 6.45) is 4.64. The van der Waals surface area contributed by atoms with Crippen molar-refractivity contribution in [3.05, 3.63) is 54.2 Å². The van der Waals surface area contributed by atoms with Gasteiger partial charge in [0.15, 0.2) is 17.1 Å². The van der Waals surface area contributed by atoms with Crippen molar-refractivity contribution < 1.29 is 0 Å². The third-order valence-electron chi connectivity index (χ3n) is 4.44. The Labute approximate surface area is 126 Å². The first kappa shape index (κ1) is 11.9. The van der Waals surface area contributed by atoms with Crippen LogP contribution in [0.5, 0.6) is 0 Å². The van der Waals surface area contributed by atoms with E-state index in [-0.39, 0.29) is 0 Å². The molecule has 1 aromatic carbocycles. The SMILES string of the molecule is Cn1ncc2c1ncn1nc([C@H]3C[C@H]3c3ccccc3)nc21. The highest BCUT2D eigenvalue weighted by atomic mass is 15.3. The van der Waals surface area contributed by atoms with Crippen molar-refractivity contribution in [2.24, 2.45) is 7.05 Å². The van der Waals surface area contributed by atoms with Gasteiger partial charge in [0.25, 0.3) is 0 Å². The van der Waals surface area contributed by atoms with Crippen molar-refractivity contribution in [3.8, 4) is 0 Å². The van der Waals surface area contributed by atoms with E-state index in [0.29, 0.717) is 11.8 Å². The monoisotopic (exact) mass is 290 g/mol. The lowest BCUT2D eigenvalue weighted by Gasteiger charge is -1.96. The number of aromatic nitrogens is 6. The maximum atomic E-state index is 4.75. The molecule has 0 N–H and O–H groups in total. The lowest BCUT2D eigenvalue weighted by atomic mass is 10.1. The summed E-state index contributed by atoms with van der Waals surface area (Å²) in [5.74, 6) is 1.86. The normalized spacial score (nSPS) is 20.8. The van der Waals surface area contributed by atoms with E-state index < -0.39 is 0 Å².